The number of para-hydroxylation sites is 1. The van der Waals surface area contributed by atoms with Crippen LogP contribution in [0.2, 0.25) is 0 Å². The molecule has 220 valence electrons. The van der Waals surface area contributed by atoms with Gasteiger partial charge in [0.2, 0.25) is 0 Å². The maximum absolute atomic E-state index is 11.5. The number of hydrogen-bond acceptors (Lipinski definition) is 5. The van der Waals surface area contributed by atoms with Crippen LogP contribution < -0.4 is 10.2 Å². The Balaban J connectivity index is 1.66. The van der Waals surface area contributed by atoms with E-state index in [0.717, 1.165) is 34.3 Å². The first kappa shape index (κ1) is 30.6. The summed E-state index contributed by atoms with van der Waals surface area (Å²) >= 11 is 0. The summed E-state index contributed by atoms with van der Waals surface area (Å²) in [6, 6.07) is 20.4. The van der Waals surface area contributed by atoms with Gasteiger partial charge in [-0.2, -0.15) is 0 Å². The number of allylic oxidation sites excluding steroid dienone is 4. The van der Waals surface area contributed by atoms with E-state index in [1.165, 1.54) is 10.9 Å². The van der Waals surface area contributed by atoms with Gasteiger partial charge in [0, 0.05) is 42.0 Å². The molecule has 3 aromatic rings. The first-order valence-corrected chi connectivity index (χ1v) is 14.5. The normalized spacial score (nSPS) is 16.5. The minimum atomic E-state index is -0.859. The summed E-state index contributed by atoms with van der Waals surface area (Å²) in [6.45, 7) is 7.19. The average molecular weight is 569 g/mol. The first-order chi connectivity index (χ1) is 20.1. The van der Waals surface area contributed by atoms with Crippen molar-refractivity contribution in [2.75, 3.05) is 23.3 Å². The average Bonchev–Trinajstić information content (AvgIpc) is 3.18. The smallest absolute Gasteiger partial charge is 0.305 e. The molecule has 0 saturated heterocycles. The van der Waals surface area contributed by atoms with Gasteiger partial charge in [-0.3, -0.25) is 9.59 Å². The Kier molecular flexibility index (Phi) is 9.51. The van der Waals surface area contributed by atoms with Gasteiger partial charge in [0.1, 0.15) is 6.29 Å². The molecule has 4 rings (SSSR count). The zero-order valence-electron chi connectivity index (χ0n) is 24.6. The number of benzene rings is 3. The molecule has 1 unspecified atom stereocenters. The van der Waals surface area contributed by atoms with Gasteiger partial charge in [0.05, 0.1) is 12.8 Å². The van der Waals surface area contributed by atoms with Crippen LogP contribution in [0.4, 0.5) is 11.4 Å². The van der Waals surface area contributed by atoms with Crippen LogP contribution in [0.5, 0.6) is 0 Å². The molecule has 0 fully saturated rings. The Bertz CT molecular complexity index is 1520. The fraction of sp³-hybridized carbons (Fsp3) is 0.343. The highest BCUT2D eigenvalue weighted by Gasteiger charge is 2.41. The van der Waals surface area contributed by atoms with Gasteiger partial charge in [-0.25, -0.2) is 0 Å². The molecule has 0 saturated carbocycles. The molecule has 0 aliphatic carbocycles. The largest absolute Gasteiger partial charge is 0.481 e. The molecule has 42 heavy (non-hydrogen) atoms. The van der Waals surface area contributed by atoms with E-state index in [0.29, 0.717) is 32.4 Å². The van der Waals surface area contributed by atoms with Crippen molar-refractivity contribution in [3.8, 4) is 0 Å². The molecule has 1 aliphatic rings. The standard InChI is InChI=1S/C35H40N2O5/c1-34(2)30(37(23-19-32(41)42)29-17-16-25-11-4-5-12-26(25)33(29)34)15-8-9-20-35(3,21-10-24-38)27-13-6-7-14-28(27)36-22-18-31(39)40/h4-9,11-17,24,36H,10,18-23H2,1-3H3,(H,39,40)(H,41,42)/b9-8+,30-15+. The summed E-state index contributed by atoms with van der Waals surface area (Å²) in [4.78, 5) is 36.1. The monoisotopic (exact) mass is 568 g/mol. The molecule has 7 heteroatoms. The van der Waals surface area contributed by atoms with E-state index in [4.69, 9.17) is 5.11 Å². The van der Waals surface area contributed by atoms with E-state index in [9.17, 15) is 19.5 Å². The number of carboxylic acid groups (broad SMARTS) is 2. The van der Waals surface area contributed by atoms with Crippen LogP contribution in [0.15, 0.2) is 84.6 Å². The second kappa shape index (κ2) is 13.1. The topological polar surface area (TPSA) is 107 Å². The third kappa shape index (κ3) is 6.56. The second-order valence-electron chi connectivity index (χ2n) is 11.7. The van der Waals surface area contributed by atoms with Crippen LogP contribution in [0.1, 0.15) is 64.0 Å². The number of aliphatic carboxylic acids is 2. The van der Waals surface area contributed by atoms with Crippen molar-refractivity contribution >= 4 is 40.4 Å². The molecular weight excluding hydrogens is 528 g/mol. The molecule has 1 atom stereocenters. The number of carboxylic acids is 2. The molecule has 0 bridgehead atoms. The third-order valence-electron chi connectivity index (χ3n) is 8.31. The van der Waals surface area contributed by atoms with Crippen LogP contribution in [-0.2, 0) is 25.2 Å². The summed E-state index contributed by atoms with van der Waals surface area (Å²) in [5.41, 5.74) is 4.48. The number of hydrogen-bond donors (Lipinski definition) is 3. The van der Waals surface area contributed by atoms with Gasteiger partial charge in [0.15, 0.2) is 0 Å². The van der Waals surface area contributed by atoms with Crippen LogP contribution >= 0.6 is 0 Å². The predicted octanol–water partition coefficient (Wildman–Crippen LogP) is 7.07. The number of rotatable bonds is 14. The molecule has 3 aromatic carbocycles. The molecule has 0 radical (unpaired) electrons. The SMILES string of the molecule is CC(C/C=C/C=C1/N(CCC(=O)O)c2ccc3ccccc3c2C1(C)C)(CCC=O)c1ccccc1NCCC(=O)O. The Morgan fingerprint density at radius 2 is 1.69 bits per heavy atom. The lowest BCUT2D eigenvalue weighted by molar-refractivity contribution is -0.137. The number of nitrogens with zero attached hydrogens (tertiary/aromatic N) is 1. The fourth-order valence-electron chi connectivity index (χ4n) is 6.16. The van der Waals surface area contributed by atoms with E-state index >= 15 is 0 Å². The van der Waals surface area contributed by atoms with Crippen LogP contribution in [-0.4, -0.2) is 41.5 Å². The predicted molar refractivity (Wildman–Crippen MR) is 168 cm³/mol. The minimum absolute atomic E-state index is 0.0126. The van der Waals surface area contributed by atoms with Crippen LogP contribution in [0.3, 0.4) is 0 Å². The zero-order valence-corrected chi connectivity index (χ0v) is 24.6. The number of aldehydes is 1. The molecule has 1 aliphatic heterocycles. The van der Waals surface area contributed by atoms with Crippen LogP contribution in [0.25, 0.3) is 10.8 Å². The molecule has 0 amide bonds. The van der Waals surface area contributed by atoms with Crippen molar-refractivity contribution in [2.45, 2.75) is 63.7 Å². The minimum Gasteiger partial charge on any atom is -0.481 e. The molecular formula is C35H40N2O5. The van der Waals surface area contributed by atoms with Gasteiger partial charge in [-0.15, -0.1) is 0 Å². The fourth-order valence-corrected chi connectivity index (χ4v) is 6.16. The highest BCUT2D eigenvalue weighted by Crippen LogP contribution is 2.50. The highest BCUT2D eigenvalue weighted by molar-refractivity contribution is 5.95. The molecule has 0 aromatic heterocycles. The van der Waals surface area contributed by atoms with Gasteiger partial charge in [-0.05, 0) is 58.4 Å². The Hall–Kier alpha value is -4.39. The number of fused-ring (bicyclic) bond motifs is 3. The lowest BCUT2D eigenvalue weighted by atomic mass is 9.75. The number of carbonyl (C=O) groups is 3. The Morgan fingerprint density at radius 3 is 2.43 bits per heavy atom. The van der Waals surface area contributed by atoms with E-state index in [1.54, 1.807) is 0 Å². The molecule has 1 heterocycles. The summed E-state index contributed by atoms with van der Waals surface area (Å²) in [7, 11) is 0. The first-order valence-electron chi connectivity index (χ1n) is 14.5. The highest BCUT2D eigenvalue weighted by atomic mass is 16.4. The third-order valence-corrected chi connectivity index (χ3v) is 8.31. The number of carbonyl (C=O) groups excluding carboxylic acids is 1. The van der Waals surface area contributed by atoms with Crippen molar-refractivity contribution < 1.29 is 24.6 Å². The maximum Gasteiger partial charge on any atom is 0.305 e. The van der Waals surface area contributed by atoms with Crippen molar-refractivity contribution in [1.29, 1.82) is 0 Å². The summed E-state index contributed by atoms with van der Waals surface area (Å²) in [6.07, 6.45) is 8.93. The molecule has 0 spiro atoms. The van der Waals surface area contributed by atoms with E-state index < -0.39 is 11.9 Å². The van der Waals surface area contributed by atoms with Gasteiger partial charge >= 0.3 is 11.9 Å². The number of nitrogens with one attached hydrogen (secondary N) is 1. The molecule has 3 N–H and O–H groups in total. The Labute approximate surface area is 247 Å². The lowest BCUT2D eigenvalue weighted by Crippen LogP contribution is -2.28. The van der Waals surface area contributed by atoms with Crippen molar-refractivity contribution in [2.24, 2.45) is 0 Å². The second-order valence-corrected chi connectivity index (χ2v) is 11.7. The van der Waals surface area contributed by atoms with Gasteiger partial charge in [-0.1, -0.05) is 81.5 Å². The van der Waals surface area contributed by atoms with E-state index in [2.05, 4.69) is 67.4 Å². The van der Waals surface area contributed by atoms with Crippen molar-refractivity contribution in [3.05, 3.63) is 95.7 Å². The number of anilines is 2. The summed E-state index contributed by atoms with van der Waals surface area (Å²) in [5, 5.41) is 24.1. The summed E-state index contributed by atoms with van der Waals surface area (Å²) < 4.78 is 0. The van der Waals surface area contributed by atoms with E-state index in [1.807, 2.05) is 42.5 Å². The van der Waals surface area contributed by atoms with Crippen molar-refractivity contribution in [3.63, 3.8) is 0 Å². The quantitative estimate of drug-likeness (QED) is 0.179. The maximum atomic E-state index is 11.5. The molecule has 7 nitrogen and oxygen atoms in total. The van der Waals surface area contributed by atoms with Gasteiger partial charge < -0.3 is 25.2 Å². The zero-order chi connectivity index (χ0) is 30.3. The van der Waals surface area contributed by atoms with Crippen LogP contribution in [0, 0.1) is 0 Å². The van der Waals surface area contributed by atoms with Crippen molar-refractivity contribution in [1.82, 2.24) is 0 Å². The van der Waals surface area contributed by atoms with Gasteiger partial charge in [0.25, 0.3) is 0 Å². The summed E-state index contributed by atoms with van der Waals surface area (Å²) in [5.74, 6) is -1.69. The Morgan fingerprint density at radius 1 is 0.976 bits per heavy atom. The lowest BCUT2D eigenvalue weighted by Gasteiger charge is -2.31. The van der Waals surface area contributed by atoms with E-state index in [-0.39, 0.29) is 23.7 Å².